The molecule has 2 aromatic rings. The van der Waals surface area contributed by atoms with Gasteiger partial charge in [-0.3, -0.25) is 9.48 Å². The molecule has 2 aliphatic heterocycles. The van der Waals surface area contributed by atoms with Crippen molar-refractivity contribution in [1.82, 2.24) is 15.1 Å². The van der Waals surface area contributed by atoms with Gasteiger partial charge >= 0.3 is 0 Å². The number of amides is 1. The average Bonchev–Trinajstić information content (AvgIpc) is 3.21. The number of carbonyl (C=O) groups is 1. The van der Waals surface area contributed by atoms with E-state index in [2.05, 4.69) is 23.4 Å². The summed E-state index contributed by atoms with van der Waals surface area (Å²) in [4.78, 5) is 14.8. The van der Waals surface area contributed by atoms with Gasteiger partial charge in [0.1, 0.15) is 0 Å². The lowest BCUT2D eigenvalue weighted by Gasteiger charge is -2.23. The Morgan fingerprint density at radius 1 is 1.30 bits per heavy atom. The van der Waals surface area contributed by atoms with Crippen molar-refractivity contribution < 1.29 is 4.79 Å². The molecule has 0 radical (unpaired) electrons. The van der Waals surface area contributed by atoms with Crippen LogP contribution in [0.25, 0.3) is 0 Å². The van der Waals surface area contributed by atoms with Gasteiger partial charge in [-0.1, -0.05) is 25.1 Å². The number of hydrogen-bond donors (Lipinski definition) is 1. The Bertz CT molecular complexity index is 717. The summed E-state index contributed by atoms with van der Waals surface area (Å²) in [7, 11) is 0. The Morgan fingerprint density at radius 3 is 3.00 bits per heavy atom. The largest absolute Gasteiger partial charge is 0.315 e. The van der Waals surface area contributed by atoms with Crippen molar-refractivity contribution in [1.29, 1.82) is 0 Å². The van der Waals surface area contributed by atoms with E-state index in [0.717, 1.165) is 38.2 Å². The Balaban J connectivity index is 1.57. The number of piperidine rings is 1. The maximum Gasteiger partial charge on any atom is 0.278 e. The van der Waals surface area contributed by atoms with Crippen LogP contribution in [0.2, 0.25) is 0 Å². The standard InChI is InChI=1S/C18H22N4O/c1-13-12-21(17-7-3-2-6-15(13)17)18(23)16-8-10-22(20-16)14-5-4-9-19-11-14/h2-3,6-8,10,13-14,19H,4-5,9,11-12H2,1H3/t13-,14+/m0/s1. The third kappa shape index (κ3) is 2.55. The molecule has 0 bridgehead atoms. The Kier molecular flexibility index (Phi) is 3.65. The fourth-order valence-electron chi connectivity index (χ4n) is 3.67. The highest BCUT2D eigenvalue weighted by Crippen LogP contribution is 2.36. The summed E-state index contributed by atoms with van der Waals surface area (Å²) < 4.78 is 1.95. The van der Waals surface area contributed by atoms with E-state index < -0.39 is 0 Å². The first-order valence-corrected chi connectivity index (χ1v) is 8.40. The first-order chi connectivity index (χ1) is 11.2. The fraction of sp³-hybridized carbons (Fsp3) is 0.444. The minimum atomic E-state index is 0.00400. The van der Waals surface area contributed by atoms with E-state index in [4.69, 9.17) is 0 Å². The number of anilines is 1. The summed E-state index contributed by atoms with van der Waals surface area (Å²) in [6, 6.07) is 10.4. The monoisotopic (exact) mass is 310 g/mol. The van der Waals surface area contributed by atoms with Crippen LogP contribution in [0.5, 0.6) is 0 Å². The number of carbonyl (C=O) groups excluding carboxylic acids is 1. The smallest absolute Gasteiger partial charge is 0.278 e. The van der Waals surface area contributed by atoms with Crippen molar-refractivity contribution in [2.75, 3.05) is 24.5 Å². The zero-order valence-electron chi connectivity index (χ0n) is 13.4. The van der Waals surface area contributed by atoms with Crippen LogP contribution in [0.3, 0.4) is 0 Å². The van der Waals surface area contributed by atoms with E-state index in [1.807, 2.05) is 40.0 Å². The van der Waals surface area contributed by atoms with Crippen molar-refractivity contribution >= 4 is 11.6 Å². The molecule has 1 fully saturated rings. The molecular weight excluding hydrogens is 288 g/mol. The summed E-state index contributed by atoms with van der Waals surface area (Å²) in [6.45, 7) is 4.90. The molecule has 23 heavy (non-hydrogen) atoms. The summed E-state index contributed by atoms with van der Waals surface area (Å²) in [5.41, 5.74) is 2.81. The van der Waals surface area contributed by atoms with E-state index in [-0.39, 0.29) is 5.91 Å². The number of aromatic nitrogens is 2. The van der Waals surface area contributed by atoms with Gasteiger partial charge in [-0.15, -0.1) is 0 Å². The quantitative estimate of drug-likeness (QED) is 0.927. The lowest BCUT2D eigenvalue weighted by Crippen LogP contribution is -2.33. The minimum absolute atomic E-state index is 0.00400. The van der Waals surface area contributed by atoms with Crippen LogP contribution < -0.4 is 10.2 Å². The van der Waals surface area contributed by atoms with Crippen LogP contribution in [0.4, 0.5) is 5.69 Å². The molecule has 0 spiro atoms. The SMILES string of the molecule is C[C@H]1CN(C(=O)c2ccn([C@@H]3CCCNC3)n2)c2ccccc21. The second kappa shape index (κ2) is 5.81. The Labute approximate surface area is 136 Å². The van der Waals surface area contributed by atoms with E-state index in [0.29, 0.717) is 17.7 Å². The Hall–Kier alpha value is -2.14. The second-order valence-electron chi connectivity index (χ2n) is 6.56. The zero-order valence-corrected chi connectivity index (χ0v) is 13.4. The molecule has 1 aromatic heterocycles. The van der Waals surface area contributed by atoms with E-state index >= 15 is 0 Å². The van der Waals surface area contributed by atoms with Gasteiger partial charge in [-0.25, -0.2) is 0 Å². The van der Waals surface area contributed by atoms with Crippen LogP contribution >= 0.6 is 0 Å². The molecule has 120 valence electrons. The van der Waals surface area contributed by atoms with Gasteiger partial charge in [0, 0.05) is 30.9 Å². The van der Waals surface area contributed by atoms with Crippen LogP contribution in [0.1, 0.15) is 47.8 Å². The topological polar surface area (TPSA) is 50.2 Å². The van der Waals surface area contributed by atoms with Gasteiger partial charge in [-0.2, -0.15) is 5.10 Å². The number of benzene rings is 1. The van der Waals surface area contributed by atoms with Crippen molar-refractivity contribution in [2.24, 2.45) is 0 Å². The third-order valence-electron chi connectivity index (χ3n) is 4.93. The average molecular weight is 310 g/mol. The number of nitrogens with one attached hydrogen (secondary N) is 1. The molecule has 1 aromatic carbocycles. The molecule has 0 unspecified atom stereocenters. The normalized spacial score (nSPS) is 23.8. The van der Waals surface area contributed by atoms with Gasteiger partial charge in [0.2, 0.25) is 0 Å². The molecule has 1 N–H and O–H groups in total. The van der Waals surface area contributed by atoms with Crippen molar-refractivity contribution in [3.05, 3.63) is 47.8 Å². The van der Waals surface area contributed by atoms with Gasteiger partial charge < -0.3 is 10.2 Å². The fourth-order valence-corrected chi connectivity index (χ4v) is 3.67. The Morgan fingerprint density at radius 2 is 2.17 bits per heavy atom. The maximum absolute atomic E-state index is 12.9. The maximum atomic E-state index is 12.9. The van der Waals surface area contributed by atoms with Crippen molar-refractivity contribution in [3.63, 3.8) is 0 Å². The molecule has 1 saturated heterocycles. The number of hydrogen-bond acceptors (Lipinski definition) is 3. The summed E-state index contributed by atoms with van der Waals surface area (Å²) in [5.74, 6) is 0.379. The van der Waals surface area contributed by atoms with Gasteiger partial charge in [0.05, 0.1) is 6.04 Å². The number of fused-ring (bicyclic) bond motifs is 1. The molecule has 3 heterocycles. The molecule has 1 amide bonds. The molecule has 0 aliphatic carbocycles. The van der Waals surface area contributed by atoms with Gasteiger partial charge in [0.15, 0.2) is 5.69 Å². The third-order valence-corrected chi connectivity index (χ3v) is 4.93. The molecular formula is C18H22N4O. The highest BCUT2D eigenvalue weighted by molar-refractivity contribution is 6.06. The number of rotatable bonds is 2. The lowest BCUT2D eigenvalue weighted by atomic mass is 10.0. The predicted molar refractivity (Wildman–Crippen MR) is 89.9 cm³/mol. The summed E-state index contributed by atoms with van der Waals surface area (Å²) in [6.07, 6.45) is 4.22. The first kappa shape index (κ1) is 14.5. The van der Waals surface area contributed by atoms with E-state index in [1.165, 1.54) is 5.56 Å². The minimum Gasteiger partial charge on any atom is -0.315 e. The summed E-state index contributed by atoms with van der Waals surface area (Å²) in [5, 5.41) is 7.95. The van der Waals surface area contributed by atoms with Crippen LogP contribution in [-0.2, 0) is 0 Å². The molecule has 4 rings (SSSR count). The van der Waals surface area contributed by atoms with E-state index in [9.17, 15) is 4.79 Å². The van der Waals surface area contributed by atoms with Gasteiger partial charge in [-0.05, 0) is 37.1 Å². The summed E-state index contributed by atoms with van der Waals surface area (Å²) >= 11 is 0. The van der Waals surface area contributed by atoms with Crippen LogP contribution in [0, 0.1) is 0 Å². The van der Waals surface area contributed by atoms with E-state index in [1.54, 1.807) is 0 Å². The van der Waals surface area contributed by atoms with Crippen LogP contribution in [-0.4, -0.2) is 35.3 Å². The van der Waals surface area contributed by atoms with Crippen LogP contribution in [0.15, 0.2) is 36.5 Å². The van der Waals surface area contributed by atoms with Gasteiger partial charge in [0.25, 0.3) is 5.91 Å². The molecule has 2 atom stereocenters. The predicted octanol–water partition coefficient (Wildman–Crippen LogP) is 2.57. The number of nitrogens with zero attached hydrogens (tertiary/aromatic N) is 3. The molecule has 5 nitrogen and oxygen atoms in total. The molecule has 0 saturated carbocycles. The second-order valence-corrected chi connectivity index (χ2v) is 6.56. The zero-order chi connectivity index (χ0) is 15.8. The number of para-hydroxylation sites is 1. The highest BCUT2D eigenvalue weighted by Gasteiger charge is 2.31. The molecule has 5 heteroatoms. The first-order valence-electron chi connectivity index (χ1n) is 8.40. The lowest BCUT2D eigenvalue weighted by molar-refractivity contribution is 0.0982. The molecule has 2 aliphatic rings. The van der Waals surface area contributed by atoms with Crippen molar-refractivity contribution in [2.45, 2.75) is 31.7 Å². The van der Waals surface area contributed by atoms with Crippen molar-refractivity contribution in [3.8, 4) is 0 Å². The highest BCUT2D eigenvalue weighted by atomic mass is 16.2.